The predicted molar refractivity (Wildman–Crippen MR) is 37.2 cm³/mol. The molecule has 1 unspecified atom stereocenters. The van der Waals surface area contributed by atoms with Crippen molar-refractivity contribution in [2.45, 2.75) is 13.0 Å². The zero-order chi connectivity index (χ0) is 6.97. The van der Waals surface area contributed by atoms with Crippen LogP contribution in [0.25, 0.3) is 0 Å². The molecule has 50 valence electrons. The van der Waals surface area contributed by atoms with Gasteiger partial charge < -0.3 is 0 Å². The smallest absolute Gasteiger partial charge is 0.113 e. The molecule has 0 aliphatic carbocycles. The zero-order valence-corrected chi connectivity index (χ0v) is 5.65. The van der Waals surface area contributed by atoms with Gasteiger partial charge in [0, 0.05) is 6.20 Å². The van der Waals surface area contributed by atoms with Gasteiger partial charge in [-0.15, -0.1) is 0 Å². The van der Waals surface area contributed by atoms with Crippen LogP contribution in [-0.2, 0) is 0 Å². The van der Waals surface area contributed by atoms with E-state index in [0.29, 0.717) is 0 Å². The molecule has 0 fully saturated rings. The van der Waals surface area contributed by atoms with E-state index >= 15 is 0 Å². The molecule has 0 aromatic carbocycles. The predicted octanol–water partition coefficient (Wildman–Crippen LogP) is 2.24. The first-order chi connectivity index (χ1) is 4.88. The van der Waals surface area contributed by atoms with Crippen LogP contribution < -0.4 is 0 Å². The van der Waals surface area contributed by atoms with Crippen LogP contribution in [0.5, 0.6) is 0 Å². The summed E-state index contributed by atoms with van der Waals surface area (Å²) in [6.07, 6.45) is 1.77. The number of hydrogen-bond acceptors (Lipinski definition) is 3. The van der Waals surface area contributed by atoms with Crippen molar-refractivity contribution in [1.82, 2.24) is 4.98 Å². The van der Waals surface area contributed by atoms with Gasteiger partial charge in [0.05, 0.1) is 5.69 Å². The summed E-state index contributed by atoms with van der Waals surface area (Å²) < 4.78 is 0. The Labute approximate surface area is 58.8 Å². The van der Waals surface area contributed by atoms with Gasteiger partial charge in [0.25, 0.3) is 0 Å². The van der Waals surface area contributed by atoms with Gasteiger partial charge in [-0.2, -0.15) is 10.2 Å². The third-order valence-corrected chi connectivity index (χ3v) is 1.55. The normalized spacial score (nSPS) is 21.1. The molecule has 2 rings (SSSR count). The summed E-state index contributed by atoms with van der Waals surface area (Å²) in [5.41, 5.74) is 1.90. The maximum atomic E-state index is 4.15. The Morgan fingerprint density at radius 1 is 1.50 bits per heavy atom. The Bertz CT molecular complexity index is 280. The lowest BCUT2D eigenvalue weighted by atomic mass is 10.2. The third-order valence-electron chi connectivity index (χ3n) is 1.55. The highest BCUT2D eigenvalue weighted by Gasteiger charge is 2.15. The summed E-state index contributed by atoms with van der Waals surface area (Å²) in [5.74, 6) is 0. The average Bonchev–Trinajstić information content (AvgIpc) is 2.34. The Hall–Kier alpha value is -1.25. The summed E-state index contributed by atoms with van der Waals surface area (Å²) in [4.78, 5) is 4.15. The van der Waals surface area contributed by atoms with Gasteiger partial charge in [0.15, 0.2) is 0 Å². The molecule has 1 aliphatic heterocycles. The molecule has 1 aromatic heterocycles. The lowest BCUT2D eigenvalue weighted by Gasteiger charge is -1.95. The van der Waals surface area contributed by atoms with E-state index < -0.39 is 0 Å². The van der Waals surface area contributed by atoms with E-state index in [0.717, 1.165) is 11.4 Å². The summed E-state index contributed by atoms with van der Waals surface area (Å²) in [6, 6.07) is 3.95. The van der Waals surface area contributed by atoms with E-state index in [1.54, 1.807) is 6.20 Å². The van der Waals surface area contributed by atoms with E-state index in [1.165, 1.54) is 0 Å². The lowest BCUT2D eigenvalue weighted by molar-refractivity contribution is 0.784. The highest BCUT2D eigenvalue weighted by Crippen LogP contribution is 2.32. The topological polar surface area (TPSA) is 37.6 Å². The van der Waals surface area contributed by atoms with Crippen molar-refractivity contribution < 1.29 is 0 Å². The van der Waals surface area contributed by atoms with Crippen LogP contribution in [0.2, 0.25) is 0 Å². The number of nitrogens with zero attached hydrogens (tertiary/aromatic N) is 3. The second-order valence-electron chi connectivity index (χ2n) is 2.30. The fourth-order valence-corrected chi connectivity index (χ4v) is 1.02. The van der Waals surface area contributed by atoms with E-state index in [2.05, 4.69) is 15.2 Å². The molecule has 0 saturated carbocycles. The zero-order valence-electron chi connectivity index (χ0n) is 5.65. The molecule has 3 heteroatoms. The Morgan fingerprint density at radius 3 is 3.20 bits per heavy atom. The summed E-state index contributed by atoms with van der Waals surface area (Å²) in [6.45, 7) is 1.99. The molecule has 10 heavy (non-hydrogen) atoms. The molecule has 0 saturated heterocycles. The fraction of sp³-hybridized carbons (Fsp3) is 0.286. The van der Waals surface area contributed by atoms with Crippen molar-refractivity contribution in [3.63, 3.8) is 0 Å². The van der Waals surface area contributed by atoms with Crippen LogP contribution in [0.4, 0.5) is 5.69 Å². The second-order valence-corrected chi connectivity index (χ2v) is 2.30. The molecular weight excluding hydrogens is 126 g/mol. The van der Waals surface area contributed by atoms with E-state index in [1.807, 2.05) is 19.1 Å². The SMILES string of the molecule is CC1N=Nc2cccnc21. The van der Waals surface area contributed by atoms with Gasteiger partial charge in [-0.3, -0.25) is 4.98 Å². The molecule has 1 aliphatic rings. The number of hydrogen-bond donors (Lipinski definition) is 0. The number of rotatable bonds is 0. The maximum Gasteiger partial charge on any atom is 0.113 e. The Morgan fingerprint density at radius 2 is 2.40 bits per heavy atom. The Kier molecular flexibility index (Phi) is 1.03. The molecule has 0 N–H and O–H groups in total. The molecular formula is C7H7N3. The second kappa shape index (κ2) is 1.87. The van der Waals surface area contributed by atoms with Crippen molar-refractivity contribution in [2.75, 3.05) is 0 Å². The standard InChI is InChI=1S/C7H7N3/c1-5-7-6(10-9-5)3-2-4-8-7/h2-5H,1H3. The van der Waals surface area contributed by atoms with Crippen molar-refractivity contribution in [3.05, 3.63) is 24.0 Å². The minimum absolute atomic E-state index is 0.149. The fourth-order valence-electron chi connectivity index (χ4n) is 1.02. The van der Waals surface area contributed by atoms with Crippen LogP contribution >= 0.6 is 0 Å². The lowest BCUT2D eigenvalue weighted by Crippen LogP contribution is -1.86. The van der Waals surface area contributed by atoms with Crippen LogP contribution in [0, 0.1) is 0 Å². The summed E-state index contributed by atoms with van der Waals surface area (Å²) in [7, 11) is 0. The number of azo groups is 1. The van der Waals surface area contributed by atoms with Gasteiger partial charge >= 0.3 is 0 Å². The first kappa shape index (κ1) is 5.53. The molecule has 0 amide bonds. The van der Waals surface area contributed by atoms with E-state index in [9.17, 15) is 0 Å². The van der Waals surface area contributed by atoms with E-state index in [-0.39, 0.29) is 6.04 Å². The van der Waals surface area contributed by atoms with Gasteiger partial charge in [-0.25, -0.2) is 0 Å². The van der Waals surface area contributed by atoms with Crippen molar-refractivity contribution in [1.29, 1.82) is 0 Å². The summed E-state index contributed by atoms with van der Waals surface area (Å²) >= 11 is 0. The monoisotopic (exact) mass is 133 g/mol. The molecule has 0 spiro atoms. The first-order valence-corrected chi connectivity index (χ1v) is 3.23. The summed E-state index contributed by atoms with van der Waals surface area (Å²) in [5, 5.41) is 7.91. The van der Waals surface area contributed by atoms with Gasteiger partial charge in [-0.05, 0) is 19.1 Å². The van der Waals surface area contributed by atoms with Crippen LogP contribution in [0.3, 0.4) is 0 Å². The van der Waals surface area contributed by atoms with Crippen LogP contribution in [0.1, 0.15) is 18.7 Å². The third kappa shape index (κ3) is 0.635. The van der Waals surface area contributed by atoms with Crippen molar-refractivity contribution >= 4 is 5.69 Å². The highest BCUT2D eigenvalue weighted by atomic mass is 15.2. The van der Waals surface area contributed by atoms with Crippen LogP contribution in [-0.4, -0.2) is 4.98 Å². The average molecular weight is 133 g/mol. The molecule has 0 radical (unpaired) electrons. The van der Waals surface area contributed by atoms with Gasteiger partial charge in [0.1, 0.15) is 11.7 Å². The van der Waals surface area contributed by atoms with Crippen LogP contribution in [0.15, 0.2) is 28.6 Å². The number of aromatic nitrogens is 1. The van der Waals surface area contributed by atoms with E-state index in [4.69, 9.17) is 0 Å². The molecule has 0 bridgehead atoms. The van der Waals surface area contributed by atoms with Gasteiger partial charge in [-0.1, -0.05) is 0 Å². The quantitative estimate of drug-likeness (QED) is 0.534. The molecule has 3 nitrogen and oxygen atoms in total. The largest absolute Gasteiger partial charge is 0.257 e. The van der Waals surface area contributed by atoms with Crippen molar-refractivity contribution in [2.24, 2.45) is 10.2 Å². The minimum atomic E-state index is 0.149. The minimum Gasteiger partial charge on any atom is -0.257 e. The molecule has 1 aromatic rings. The maximum absolute atomic E-state index is 4.15. The number of fused-ring (bicyclic) bond motifs is 1. The molecule has 2 heterocycles. The Balaban J connectivity index is 2.59. The highest BCUT2D eigenvalue weighted by molar-refractivity contribution is 5.44. The number of pyridine rings is 1. The van der Waals surface area contributed by atoms with Crippen molar-refractivity contribution in [3.8, 4) is 0 Å². The molecule has 1 atom stereocenters. The first-order valence-electron chi connectivity index (χ1n) is 3.23. The van der Waals surface area contributed by atoms with Gasteiger partial charge in [0.2, 0.25) is 0 Å².